The van der Waals surface area contributed by atoms with Crippen molar-refractivity contribution in [1.29, 1.82) is 0 Å². The van der Waals surface area contributed by atoms with Crippen LogP contribution in [0.3, 0.4) is 0 Å². The zero-order chi connectivity index (χ0) is 19.2. The first-order chi connectivity index (χ1) is 12.1. The van der Waals surface area contributed by atoms with Crippen molar-refractivity contribution in [2.45, 2.75) is 5.92 Å². The largest absolute Gasteiger partial charge is 0.314 e. The molecule has 0 aliphatic carbocycles. The van der Waals surface area contributed by atoms with E-state index in [1.807, 2.05) is 18.2 Å². The highest BCUT2D eigenvalue weighted by Crippen LogP contribution is 2.41. The quantitative estimate of drug-likeness (QED) is 0.404. The number of amides is 2. The Hall–Kier alpha value is -1.27. The van der Waals surface area contributed by atoms with Gasteiger partial charge in [0, 0.05) is 23.8 Å². The maximum absolute atomic E-state index is 12.6. The average Bonchev–Trinajstić information content (AvgIpc) is 2.94. The van der Waals surface area contributed by atoms with Gasteiger partial charge >= 0.3 is 0 Å². The summed E-state index contributed by atoms with van der Waals surface area (Å²) >= 11 is 9.52. The molecule has 7 nitrogen and oxygen atoms in total. The van der Waals surface area contributed by atoms with Gasteiger partial charge in [0.1, 0.15) is 4.32 Å². The van der Waals surface area contributed by atoms with Gasteiger partial charge in [-0.05, 0) is 29.8 Å². The Kier molecular flexibility index (Phi) is 5.28. The third-order valence-electron chi connectivity index (χ3n) is 4.05. The van der Waals surface area contributed by atoms with Crippen molar-refractivity contribution in [2.24, 2.45) is 0 Å². The van der Waals surface area contributed by atoms with E-state index in [4.69, 9.17) is 16.8 Å². The number of anilines is 1. The van der Waals surface area contributed by atoms with Crippen molar-refractivity contribution in [3.05, 3.63) is 39.2 Å². The van der Waals surface area contributed by atoms with Crippen molar-refractivity contribution in [3.63, 3.8) is 0 Å². The number of halogens is 1. The lowest BCUT2D eigenvalue weighted by atomic mass is 10.00. The molecule has 2 heterocycles. The summed E-state index contributed by atoms with van der Waals surface area (Å²) in [6.45, 7) is -0.235. The van der Waals surface area contributed by atoms with Gasteiger partial charge in [0.05, 0.1) is 16.6 Å². The molecule has 0 bridgehead atoms. The van der Waals surface area contributed by atoms with Crippen LogP contribution >= 0.6 is 39.9 Å². The van der Waals surface area contributed by atoms with Gasteiger partial charge < -0.3 is 4.90 Å². The second-order valence-electron chi connectivity index (χ2n) is 5.72. The number of rotatable bonds is 4. The van der Waals surface area contributed by atoms with Crippen LogP contribution < -0.4 is 4.90 Å². The van der Waals surface area contributed by atoms with Gasteiger partial charge in [0.15, 0.2) is 0 Å². The standard InChI is InChI=1S/C15H13BrN2O5S3/c1-17-11-3-2-8(16)6-9(11)10(13(17)19)7-12-14(20)18(15(24)25-12)4-5-26(21,22)23/h2-3,6-7,10H,4-5H2,1H3,(H,21,22,23)/b12-7-. The van der Waals surface area contributed by atoms with Gasteiger partial charge in [-0.3, -0.25) is 19.0 Å². The monoisotopic (exact) mass is 476 g/mol. The number of nitrogens with zero attached hydrogens (tertiary/aromatic N) is 2. The predicted molar refractivity (Wildman–Crippen MR) is 107 cm³/mol. The van der Waals surface area contributed by atoms with Gasteiger partial charge in [-0.2, -0.15) is 8.42 Å². The zero-order valence-corrected chi connectivity index (χ0v) is 17.4. The highest BCUT2D eigenvalue weighted by atomic mass is 79.9. The molecule has 1 unspecified atom stereocenters. The molecular weight excluding hydrogens is 464 g/mol. The summed E-state index contributed by atoms with van der Waals surface area (Å²) < 4.78 is 31.7. The molecule has 0 spiro atoms. The number of hydrogen-bond donors (Lipinski definition) is 1. The van der Waals surface area contributed by atoms with Crippen LogP contribution in [0.1, 0.15) is 11.5 Å². The Labute approximate surface area is 168 Å². The fourth-order valence-electron chi connectivity index (χ4n) is 2.77. The molecular formula is C15H13BrN2O5S3. The van der Waals surface area contributed by atoms with E-state index in [1.54, 1.807) is 13.1 Å². The van der Waals surface area contributed by atoms with Gasteiger partial charge in [-0.25, -0.2) is 0 Å². The fourth-order valence-corrected chi connectivity index (χ4v) is 4.88. The molecule has 2 aliphatic rings. The number of carbonyl (C=O) groups excluding carboxylic acids is 2. The molecule has 0 radical (unpaired) electrons. The van der Waals surface area contributed by atoms with Gasteiger partial charge in [0.25, 0.3) is 16.0 Å². The van der Waals surface area contributed by atoms with Crippen LogP contribution in [-0.4, -0.2) is 53.4 Å². The summed E-state index contributed by atoms with van der Waals surface area (Å²) in [4.78, 5) is 28.0. The first kappa shape index (κ1) is 19.5. The molecule has 1 aromatic carbocycles. The van der Waals surface area contributed by atoms with Gasteiger partial charge in [0.2, 0.25) is 5.91 Å². The van der Waals surface area contributed by atoms with Crippen LogP contribution in [0.25, 0.3) is 0 Å². The minimum absolute atomic E-state index is 0.165. The van der Waals surface area contributed by atoms with Crippen LogP contribution in [0.4, 0.5) is 5.69 Å². The number of fused-ring (bicyclic) bond motifs is 1. The number of likely N-dealkylation sites (N-methyl/N-ethyl adjacent to an activating group) is 1. The number of thioether (sulfide) groups is 1. The summed E-state index contributed by atoms with van der Waals surface area (Å²) in [5.41, 5.74) is 1.54. The molecule has 2 aliphatic heterocycles. The van der Waals surface area contributed by atoms with Crippen molar-refractivity contribution in [2.75, 3.05) is 24.2 Å². The maximum atomic E-state index is 12.6. The summed E-state index contributed by atoms with van der Waals surface area (Å²) in [6.07, 6.45) is 1.56. The van der Waals surface area contributed by atoms with Crippen LogP contribution in [0.2, 0.25) is 0 Å². The predicted octanol–water partition coefficient (Wildman–Crippen LogP) is 2.14. The van der Waals surface area contributed by atoms with E-state index in [0.29, 0.717) is 0 Å². The lowest BCUT2D eigenvalue weighted by Gasteiger charge is -2.12. The average molecular weight is 477 g/mol. The van der Waals surface area contributed by atoms with Crippen molar-refractivity contribution >= 4 is 71.9 Å². The molecule has 2 amide bonds. The molecule has 0 saturated carbocycles. The third kappa shape index (κ3) is 3.72. The molecule has 1 fully saturated rings. The summed E-state index contributed by atoms with van der Waals surface area (Å²) in [5, 5.41) is 0. The Morgan fingerprint density at radius 3 is 2.73 bits per heavy atom. The highest BCUT2D eigenvalue weighted by molar-refractivity contribution is 9.10. The second kappa shape index (κ2) is 7.04. The molecule has 1 atom stereocenters. The van der Waals surface area contributed by atoms with Crippen LogP contribution in [-0.2, 0) is 19.7 Å². The molecule has 138 valence electrons. The van der Waals surface area contributed by atoms with Crippen molar-refractivity contribution in [1.82, 2.24) is 4.90 Å². The summed E-state index contributed by atoms with van der Waals surface area (Å²) in [5.74, 6) is -1.86. The summed E-state index contributed by atoms with van der Waals surface area (Å²) in [6, 6.07) is 5.49. The minimum atomic E-state index is -4.21. The van der Waals surface area contributed by atoms with E-state index < -0.39 is 27.7 Å². The normalized spacial score (nSPS) is 21.9. The fraction of sp³-hybridized carbons (Fsp3) is 0.267. The van der Waals surface area contributed by atoms with Crippen LogP contribution in [0, 0.1) is 0 Å². The third-order valence-corrected chi connectivity index (χ3v) is 6.63. The number of benzene rings is 1. The SMILES string of the molecule is CN1C(=O)C(/C=C2\SC(=S)N(CCS(=O)(=O)O)C2=O)c2cc(Br)ccc21. The van der Waals surface area contributed by atoms with E-state index in [-0.39, 0.29) is 21.7 Å². The Morgan fingerprint density at radius 2 is 2.08 bits per heavy atom. The highest BCUT2D eigenvalue weighted by Gasteiger charge is 2.38. The Balaban J connectivity index is 1.89. The summed E-state index contributed by atoms with van der Waals surface area (Å²) in [7, 11) is -2.54. The lowest BCUT2D eigenvalue weighted by Crippen LogP contribution is -2.33. The molecule has 0 aromatic heterocycles. The smallest absolute Gasteiger partial charge is 0.266 e. The van der Waals surface area contributed by atoms with Crippen molar-refractivity contribution in [3.8, 4) is 0 Å². The first-order valence-corrected chi connectivity index (χ1v) is 11.0. The number of hydrogen-bond acceptors (Lipinski definition) is 6. The first-order valence-electron chi connectivity index (χ1n) is 7.36. The molecule has 1 aromatic rings. The van der Waals surface area contributed by atoms with E-state index in [9.17, 15) is 18.0 Å². The molecule has 1 N–H and O–H groups in total. The maximum Gasteiger partial charge on any atom is 0.266 e. The molecule has 26 heavy (non-hydrogen) atoms. The Bertz CT molecular complexity index is 960. The molecule has 3 rings (SSSR count). The van der Waals surface area contributed by atoms with Gasteiger partial charge in [-0.15, -0.1) is 0 Å². The number of carbonyl (C=O) groups is 2. The zero-order valence-electron chi connectivity index (χ0n) is 13.4. The van der Waals surface area contributed by atoms with Crippen molar-refractivity contribution < 1.29 is 22.6 Å². The minimum Gasteiger partial charge on any atom is -0.314 e. The Morgan fingerprint density at radius 1 is 1.38 bits per heavy atom. The van der Waals surface area contributed by atoms with E-state index in [0.717, 1.165) is 32.4 Å². The van der Waals surface area contributed by atoms with E-state index in [2.05, 4.69) is 15.9 Å². The molecule has 1 saturated heterocycles. The van der Waals surface area contributed by atoms with E-state index in [1.165, 1.54) is 4.90 Å². The topological polar surface area (TPSA) is 95.0 Å². The number of thiocarbonyl (C=S) groups is 1. The van der Waals surface area contributed by atoms with E-state index >= 15 is 0 Å². The lowest BCUT2D eigenvalue weighted by molar-refractivity contribution is -0.122. The molecule has 11 heteroatoms. The van der Waals surface area contributed by atoms with Crippen LogP contribution in [0.15, 0.2) is 33.7 Å². The van der Waals surface area contributed by atoms with Crippen LogP contribution in [0.5, 0.6) is 0 Å². The second-order valence-corrected chi connectivity index (χ2v) is 9.88. The van der Waals surface area contributed by atoms with Gasteiger partial charge in [-0.1, -0.05) is 39.9 Å².